The van der Waals surface area contributed by atoms with Crippen molar-refractivity contribution in [1.29, 1.82) is 0 Å². The van der Waals surface area contributed by atoms with Gasteiger partial charge in [0.15, 0.2) is 11.5 Å². The Bertz CT molecular complexity index is 607. The van der Waals surface area contributed by atoms with Gasteiger partial charge in [-0.25, -0.2) is 0 Å². The number of hydrogen-bond acceptors (Lipinski definition) is 4. The number of carbonyl (C=O) groups is 1. The number of amides is 1. The van der Waals surface area contributed by atoms with E-state index in [9.17, 15) is 4.79 Å². The molecule has 1 aromatic heterocycles. The van der Waals surface area contributed by atoms with E-state index in [1.807, 2.05) is 19.1 Å². The summed E-state index contributed by atoms with van der Waals surface area (Å²) < 4.78 is 15.7. The highest BCUT2D eigenvalue weighted by atomic mass is 16.5. The lowest BCUT2D eigenvalue weighted by molar-refractivity contribution is 0.0937. The molecule has 1 heterocycles. The molecule has 0 saturated carbocycles. The molecule has 2 rings (SSSR count). The number of methoxy groups -OCH3 is 2. The largest absolute Gasteiger partial charge is 0.493 e. The average molecular weight is 303 g/mol. The summed E-state index contributed by atoms with van der Waals surface area (Å²) in [6.07, 6.45) is 3.26. The van der Waals surface area contributed by atoms with Gasteiger partial charge in [0.2, 0.25) is 0 Å². The summed E-state index contributed by atoms with van der Waals surface area (Å²) in [4.78, 5) is 12.3. The monoisotopic (exact) mass is 303 g/mol. The van der Waals surface area contributed by atoms with Crippen molar-refractivity contribution in [3.8, 4) is 11.5 Å². The Kier molecular flexibility index (Phi) is 5.47. The zero-order valence-corrected chi connectivity index (χ0v) is 13.1. The van der Waals surface area contributed by atoms with Crippen LogP contribution in [0.2, 0.25) is 0 Å². The van der Waals surface area contributed by atoms with Crippen molar-refractivity contribution in [2.45, 2.75) is 25.8 Å². The van der Waals surface area contributed by atoms with Crippen LogP contribution in [0.25, 0.3) is 0 Å². The molecule has 0 aliphatic heterocycles. The van der Waals surface area contributed by atoms with Crippen molar-refractivity contribution >= 4 is 5.91 Å². The van der Waals surface area contributed by atoms with Crippen LogP contribution in [-0.4, -0.2) is 26.2 Å². The number of ether oxygens (including phenoxy) is 2. The summed E-state index contributed by atoms with van der Waals surface area (Å²) in [7, 11) is 3.11. The van der Waals surface area contributed by atoms with Crippen LogP contribution in [-0.2, 0) is 6.42 Å². The molecule has 1 amide bonds. The molecule has 2 aromatic rings. The number of furan rings is 1. The summed E-state index contributed by atoms with van der Waals surface area (Å²) in [5.74, 6) is 1.93. The van der Waals surface area contributed by atoms with Crippen molar-refractivity contribution in [1.82, 2.24) is 5.32 Å². The molecular formula is C17H21NO4. The van der Waals surface area contributed by atoms with Crippen LogP contribution in [0.1, 0.15) is 29.5 Å². The van der Waals surface area contributed by atoms with Crippen LogP contribution in [0.15, 0.2) is 41.0 Å². The highest BCUT2D eigenvalue weighted by Crippen LogP contribution is 2.27. The van der Waals surface area contributed by atoms with Gasteiger partial charge in [-0.15, -0.1) is 0 Å². The molecule has 0 radical (unpaired) electrons. The molecule has 1 aromatic carbocycles. The third kappa shape index (κ3) is 4.04. The second kappa shape index (κ2) is 7.54. The zero-order chi connectivity index (χ0) is 15.9. The first kappa shape index (κ1) is 15.9. The van der Waals surface area contributed by atoms with E-state index < -0.39 is 0 Å². The summed E-state index contributed by atoms with van der Waals surface area (Å²) in [6.45, 7) is 1.97. The minimum atomic E-state index is -0.132. The molecule has 0 saturated heterocycles. The summed E-state index contributed by atoms with van der Waals surface area (Å²) in [5, 5.41) is 2.97. The Balaban J connectivity index is 1.93. The van der Waals surface area contributed by atoms with Crippen LogP contribution < -0.4 is 14.8 Å². The van der Waals surface area contributed by atoms with Crippen molar-refractivity contribution in [2.24, 2.45) is 0 Å². The molecule has 0 bridgehead atoms. The van der Waals surface area contributed by atoms with Crippen LogP contribution in [0.4, 0.5) is 0 Å². The summed E-state index contributed by atoms with van der Waals surface area (Å²) in [5.41, 5.74) is 0.544. The van der Waals surface area contributed by atoms with Gasteiger partial charge >= 0.3 is 0 Å². The molecule has 0 aliphatic rings. The predicted octanol–water partition coefficient (Wildman–Crippen LogP) is 3.05. The Labute approximate surface area is 130 Å². The van der Waals surface area contributed by atoms with Crippen molar-refractivity contribution in [3.05, 3.63) is 47.9 Å². The lowest BCUT2D eigenvalue weighted by Crippen LogP contribution is -2.32. The number of nitrogens with one attached hydrogen (secondary N) is 1. The molecule has 5 heteroatoms. The Morgan fingerprint density at radius 3 is 2.64 bits per heavy atom. The van der Waals surface area contributed by atoms with Gasteiger partial charge < -0.3 is 19.2 Å². The van der Waals surface area contributed by atoms with Gasteiger partial charge in [0.1, 0.15) is 5.76 Å². The Morgan fingerprint density at radius 1 is 1.23 bits per heavy atom. The highest BCUT2D eigenvalue weighted by Gasteiger charge is 2.13. The Morgan fingerprint density at radius 2 is 2.00 bits per heavy atom. The van der Waals surface area contributed by atoms with E-state index in [-0.39, 0.29) is 11.9 Å². The van der Waals surface area contributed by atoms with E-state index >= 15 is 0 Å². The first-order valence-electron chi connectivity index (χ1n) is 7.19. The fraction of sp³-hybridized carbons (Fsp3) is 0.353. The lowest BCUT2D eigenvalue weighted by atomic mass is 10.1. The quantitative estimate of drug-likeness (QED) is 0.854. The van der Waals surface area contributed by atoms with E-state index in [0.717, 1.165) is 18.6 Å². The Hall–Kier alpha value is -2.43. The zero-order valence-electron chi connectivity index (χ0n) is 13.1. The minimum Gasteiger partial charge on any atom is -0.493 e. The summed E-state index contributed by atoms with van der Waals surface area (Å²) >= 11 is 0. The highest BCUT2D eigenvalue weighted by molar-refractivity contribution is 5.95. The summed E-state index contributed by atoms with van der Waals surface area (Å²) in [6, 6.07) is 8.96. The van der Waals surface area contributed by atoms with E-state index in [2.05, 4.69) is 5.32 Å². The standard InChI is InChI=1S/C17H21NO4/c1-12(6-8-14-5-4-10-22-14)18-17(19)13-7-9-15(20-2)16(11-13)21-3/h4-5,7,9-12H,6,8H2,1-3H3,(H,18,19)/t12-/m0/s1. The first-order valence-corrected chi connectivity index (χ1v) is 7.19. The van der Waals surface area contributed by atoms with Crippen LogP contribution >= 0.6 is 0 Å². The molecule has 118 valence electrons. The van der Waals surface area contributed by atoms with Gasteiger partial charge in [-0.2, -0.15) is 0 Å². The topological polar surface area (TPSA) is 60.7 Å². The smallest absolute Gasteiger partial charge is 0.251 e. The lowest BCUT2D eigenvalue weighted by Gasteiger charge is -2.14. The van der Waals surface area contributed by atoms with Crippen molar-refractivity contribution < 1.29 is 18.7 Å². The minimum absolute atomic E-state index is 0.0469. The van der Waals surface area contributed by atoms with Gasteiger partial charge in [0, 0.05) is 18.0 Å². The van der Waals surface area contributed by atoms with Gasteiger partial charge in [-0.3, -0.25) is 4.79 Å². The molecule has 0 unspecified atom stereocenters. The molecule has 0 aliphatic carbocycles. The molecule has 1 atom stereocenters. The number of hydrogen-bond donors (Lipinski definition) is 1. The normalized spacial score (nSPS) is 11.8. The molecule has 22 heavy (non-hydrogen) atoms. The maximum atomic E-state index is 12.3. The number of aryl methyl sites for hydroxylation is 1. The SMILES string of the molecule is COc1ccc(C(=O)N[C@@H](C)CCc2ccco2)cc1OC. The predicted molar refractivity (Wildman–Crippen MR) is 83.5 cm³/mol. The van der Waals surface area contributed by atoms with Gasteiger partial charge in [-0.1, -0.05) is 0 Å². The fourth-order valence-electron chi connectivity index (χ4n) is 2.17. The molecule has 0 fully saturated rings. The van der Waals surface area contributed by atoms with E-state index in [0.29, 0.717) is 17.1 Å². The van der Waals surface area contributed by atoms with Crippen molar-refractivity contribution in [3.63, 3.8) is 0 Å². The second-order valence-electron chi connectivity index (χ2n) is 5.06. The number of carbonyl (C=O) groups excluding carboxylic acids is 1. The van der Waals surface area contributed by atoms with E-state index in [4.69, 9.17) is 13.9 Å². The maximum Gasteiger partial charge on any atom is 0.251 e. The fourth-order valence-corrected chi connectivity index (χ4v) is 2.17. The molecule has 5 nitrogen and oxygen atoms in total. The van der Waals surface area contributed by atoms with E-state index in [1.165, 1.54) is 0 Å². The van der Waals surface area contributed by atoms with Crippen molar-refractivity contribution in [2.75, 3.05) is 14.2 Å². The van der Waals surface area contributed by atoms with Gasteiger partial charge in [0.05, 0.1) is 20.5 Å². The third-order valence-electron chi connectivity index (χ3n) is 3.43. The second-order valence-corrected chi connectivity index (χ2v) is 5.06. The van der Waals surface area contributed by atoms with Gasteiger partial charge in [-0.05, 0) is 43.7 Å². The number of rotatable bonds is 7. The average Bonchev–Trinajstić information content (AvgIpc) is 3.05. The molecule has 1 N–H and O–H groups in total. The van der Waals surface area contributed by atoms with Gasteiger partial charge in [0.25, 0.3) is 5.91 Å². The third-order valence-corrected chi connectivity index (χ3v) is 3.43. The van der Waals surface area contributed by atoms with Crippen LogP contribution in [0.3, 0.4) is 0 Å². The van der Waals surface area contributed by atoms with Crippen LogP contribution in [0.5, 0.6) is 11.5 Å². The molecule has 0 spiro atoms. The first-order chi connectivity index (χ1) is 10.6. The van der Waals surface area contributed by atoms with Crippen LogP contribution in [0, 0.1) is 0 Å². The maximum absolute atomic E-state index is 12.3. The number of benzene rings is 1. The molecular weight excluding hydrogens is 282 g/mol. The van der Waals surface area contributed by atoms with E-state index in [1.54, 1.807) is 38.7 Å².